The third-order valence-electron chi connectivity index (χ3n) is 4.03. The van der Waals surface area contributed by atoms with Crippen molar-refractivity contribution >= 4 is 0 Å². The zero-order valence-corrected chi connectivity index (χ0v) is 9.14. The van der Waals surface area contributed by atoms with E-state index in [0.29, 0.717) is 0 Å². The van der Waals surface area contributed by atoms with Crippen molar-refractivity contribution in [3.8, 4) is 0 Å². The summed E-state index contributed by atoms with van der Waals surface area (Å²) in [7, 11) is 0. The number of allylic oxidation sites excluding steroid dienone is 1. The summed E-state index contributed by atoms with van der Waals surface area (Å²) in [6.45, 7) is 8.13. The third-order valence-corrected chi connectivity index (χ3v) is 4.03. The van der Waals surface area contributed by atoms with Gasteiger partial charge in [-0.15, -0.1) is 0 Å². The van der Waals surface area contributed by atoms with Gasteiger partial charge in [0.25, 0.3) is 0 Å². The smallest absolute Gasteiger partial charge is 0.0352 e. The average Bonchev–Trinajstić information content (AvgIpc) is 2.41. The molecule has 13 heavy (non-hydrogen) atoms. The van der Waals surface area contributed by atoms with E-state index in [1.54, 1.807) is 11.3 Å². The maximum absolute atomic E-state index is 2.62. The Labute approximate surface area is 81.8 Å². The Morgan fingerprint density at radius 2 is 1.92 bits per heavy atom. The highest BCUT2D eigenvalue weighted by Crippen LogP contribution is 2.41. The first kappa shape index (κ1) is 9.11. The second-order valence-electron chi connectivity index (χ2n) is 4.51. The largest absolute Gasteiger partial charge is 0.372 e. The van der Waals surface area contributed by atoms with E-state index in [1.165, 1.54) is 32.2 Å². The Kier molecular flexibility index (Phi) is 2.35. The highest BCUT2D eigenvalue weighted by atomic mass is 15.2. The van der Waals surface area contributed by atoms with Crippen LogP contribution in [0.4, 0.5) is 0 Å². The van der Waals surface area contributed by atoms with Crippen molar-refractivity contribution in [2.45, 2.75) is 52.5 Å². The Balaban J connectivity index is 2.23. The Bertz CT molecular complexity index is 215. The molecular weight excluding hydrogens is 158 g/mol. The number of rotatable bonds is 1. The average molecular weight is 179 g/mol. The molecule has 0 bridgehead atoms. The normalized spacial score (nSPS) is 33.9. The standard InChI is InChI=1S/C12H21N/c1-4-13-10(3)9(2)11-7-5-6-8-12(11)13/h11-12H,4-8H2,1-3H3. The van der Waals surface area contributed by atoms with Crippen molar-refractivity contribution in [3.05, 3.63) is 11.3 Å². The molecule has 0 aromatic rings. The van der Waals surface area contributed by atoms with Crippen molar-refractivity contribution in [1.82, 2.24) is 4.90 Å². The highest BCUT2D eigenvalue weighted by molar-refractivity contribution is 5.23. The molecule has 0 aromatic heterocycles. The van der Waals surface area contributed by atoms with Crippen molar-refractivity contribution in [2.75, 3.05) is 6.54 Å². The second-order valence-corrected chi connectivity index (χ2v) is 4.51. The van der Waals surface area contributed by atoms with E-state index in [4.69, 9.17) is 0 Å². The van der Waals surface area contributed by atoms with Gasteiger partial charge in [-0.1, -0.05) is 12.8 Å². The van der Waals surface area contributed by atoms with Gasteiger partial charge in [-0.3, -0.25) is 0 Å². The van der Waals surface area contributed by atoms with Crippen LogP contribution in [0.5, 0.6) is 0 Å². The zero-order valence-electron chi connectivity index (χ0n) is 9.14. The Morgan fingerprint density at radius 1 is 1.23 bits per heavy atom. The van der Waals surface area contributed by atoms with E-state index < -0.39 is 0 Å². The van der Waals surface area contributed by atoms with Crippen LogP contribution in [0, 0.1) is 5.92 Å². The molecular formula is C12H21N. The number of hydrogen-bond acceptors (Lipinski definition) is 1. The van der Waals surface area contributed by atoms with Gasteiger partial charge in [-0.2, -0.15) is 0 Å². The van der Waals surface area contributed by atoms with Crippen LogP contribution in [0.2, 0.25) is 0 Å². The number of nitrogens with zero attached hydrogens (tertiary/aromatic N) is 1. The fraction of sp³-hybridized carbons (Fsp3) is 0.833. The van der Waals surface area contributed by atoms with Crippen molar-refractivity contribution < 1.29 is 0 Å². The van der Waals surface area contributed by atoms with Gasteiger partial charge in [0.05, 0.1) is 0 Å². The van der Waals surface area contributed by atoms with Gasteiger partial charge in [0, 0.05) is 24.2 Å². The molecule has 1 heterocycles. The lowest BCUT2D eigenvalue weighted by Crippen LogP contribution is -2.35. The van der Waals surface area contributed by atoms with Gasteiger partial charge in [0.1, 0.15) is 0 Å². The van der Waals surface area contributed by atoms with Gasteiger partial charge in [-0.25, -0.2) is 0 Å². The molecule has 1 aliphatic heterocycles. The summed E-state index contributed by atoms with van der Waals surface area (Å²) in [4.78, 5) is 2.62. The molecule has 2 rings (SSSR count). The monoisotopic (exact) mass is 179 g/mol. The lowest BCUT2D eigenvalue weighted by Gasteiger charge is -2.34. The minimum absolute atomic E-state index is 0.860. The molecule has 1 nitrogen and oxygen atoms in total. The molecule has 0 radical (unpaired) electrons. The summed E-state index contributed by atoms with van der Waals surface area (Å²) >= 11 is 0. The maximum atomic E-state index is 2.62. The summed E-state index contributed by atoms with van der Waals surface area (Å²) < 4.78 is 0. The molecule has 0 spiro atoms. The van der Waals surface area contributed by atoms with E-state index in [-0.39, 0.29) is 0 Å². The first-order valence-corrected chi connectivity index (χ1v) is 5.69. The molecule has 2 aliphatic rings. The van der Waals surface area contributed by atoms with Crippen LogP contribution in [0.3, 0.4) is 0 Å². The van der Waals surface area contributed by atoms with E-state index in [2.05, 4.69) is 25.7 Å². The van der Waals surface area contributed by atoms with Crippen LogP contribution in [0.15, 0.2) is 11.3 Å². The van der Waals surface area contributed by atoms with E-state index in [9.17, 15) is 0 Å². The third kappa shape index (κ3) is 1.29. The van der Waals surface area contributed by atoms with Crippen molar-refractivity contribution in [1.29, 1.82) is 0 Å². The topological polar surface area (TPSA) is 3.24 Å². The SMILES string of the molecule is CCN1C(C)=C(C)C2CCCCC21. The van der Waals surface area contributed by atoms with E-state index >= 15 is 0 Å². The predicted octanol–water partition coefficient (Wildman–Crippen LogP) is 3.17. The molecule has 1 heteroatoms. The maximum Gasteiger partial charge on any atom is 0.0352 e. The highest BCUT2D eigenvalue weighted by Gasteiger charge is 2.36. The summed E-state index contributed by atoms with van der Waals surface area (Å²) in [5, 5.41) is 0. The Hall–Kier alpha value is -0.460. The minimum Gasteiger partial charge on any atom is -0.372 e. The second kappa shape index (κ2) is 3.36. The van der Waals surface area contributed by atoms with Crippen molar-refractivity contribution in [3.63, 3.8) is 0 Å². The van der Waals surface area contributed by atoms with Gasteiger partial charge in [-0.05, 0) is 39.2 Å². The first-order valence-electron chi connectivity index (χ1n) is 5.69. The van der Waals surface area contributed by atoms with Crippen molar-refractivity contribution in [2.24, 2.45) is 5.92 Å². The molecule has 0 saturated heterocycles. The van der Waals surface area contributed by atoms with E-state index in [1.807, 2.05) is 0 Å². The van der Waals surface area contributed by atoms with Gasteiger partial charge < -0.3 is 4.90 Å². The van der Waals surface area contributed by atoms with Gasteiger partial charge in [0.2, 0.25) is 0 Å². The summed E-state index contributed by atoms with van der Waals surface area (Å²) in [5.41, 5.74) is 3.24. The van der Waals surface area contributed by atoms with Crippen LogP contribution in [-0.2, 0) is 0 Å². The molecule has 1 fully saturated rings. The van der Waals surface area contributed by atoms with Gasteiger partial charge >= 0.3 is 0 Å². The van der Waals surface area contributed by atoms with Crippen LogP contribution in [0.1, 0.15) is 46.5 Å². The fourth-order valence-electron chi connectivity index (χ4n) is 3.20. The van der Waals surface area contributed by atoms with Gasteiger partial charge in [0.15, 0.2) is 0 Å². The molecule has 74 valence electrons. The first-order chi connectivity index (χ1) is 6.25. The number of hydrogen-bond donors (Lipinski definition) is 0. The molecule has 1 aliphatic carbocycles. The van der Waals surface area contributed by atoms with Crippen LogP contribution >= 0.6 is 0 Å². The summed E-state index contributed by atoms with van der Waals surface area (Å²) in [6, 6.07) is 0.860. The minimum atomic E-state index is 0.860. The molecule has 2 unspecified atom stereocenters. The number of fused-ring (bicyclic) bond motifs is 1. The van der Waals surface area contributed by atoms with Crippen LogP contribution < -0.4 is 0 Å². The summed E-state index contributed by atoms with van der Waals surface area (Å²) in [6.07, 6.45) is 5.75. The molecule has 0 aromatic carbocycles. The lowest BCUT2D eigenvalue weighted by atomic mass is 9.82. The Morgan fingerprint density at radius 3 is 2.62 bits per heavy atom. The zero-order chi connectivity index (χ0) is 9.42. The fourth-order valence-corrected chi connectivity index (χ4v) is 3.20. The molecule has 0 amide bonds. The predicted molar refractivity (Wildman–Crippen MR) is 56.5 cm³/mol. The molecule has 2 atom stereocenters. The molecule has 1 saturated carbocycles. The van der Waals surface area contributed by atoms with Crippen LogP contribution in [-0.4, -0.2) is 17.5 Å². The molecule has 0 N–H and O–H groups in total. The lowest BCUT2D eigenvalue weighted by molar-refractivity contribution is 0.196. The van der Waals surface area contributed by atoms with Crippen LogP contribution in [0.25, 0.3) is 0 Å². The quantitative estimate of drug-likeness (QED) is 0.597. The summed E-state index contributed by atoms with van der Waals surface area (Å²) in [5.74, 6) is 0.897. The van der Waals surface area contributed by atoms with E-state index in [0.717, 1.165) is 12.0 Å².